The molecule has 0 spiro atoms. The van der Waals surface area contributed by atoms with Gasteiger partial charge in [0, 0.05) is 12.6 Å². The predicted octanol–water partition coefficient (Wildman–Crippen LogP) is 1.99. The molecule has 5 nitrogen and oxygen atoms in total. The van der Waals surface area contributed by atoms with Crippen molar-refractivity contribution in [2.24, 2.45) is 5.73 Å². The van der Waals surface area contributed by atoms with Crippen molar-refractivity contribution in [3.05, 3.63) is 29.8 Å². The molecule has 1 fully saturated rings. The molecule has 1 aliphatic heterocycles. The number of rotatable bonds is 6. The highest BCUT2D eigenvalue weighted by Crippen LogP contribution is 2.37. The first-order valence-electron chi connectivity index (χ1n) is 7.62. The van der Waals surface area contributed by atoms with Gasteiger partial charge in [-0.2, -0.15) is 0 Å². The topological polar surface area (TPSA) is 73.6 Å². The van der Waals surface area contributed by atoms with Crippen molar-refractivity contribution in [2.75, 3.05) is 6.61 Å². The Balaban J connectivity index is 1.94. The van der Waals surface area contributed by atoms with E-state index in [1.165, 1.54) is 0 Å². The van der Waals surface area contributed by atoms with Crippen LogP contribution in [0.15, 0.2) is 24.3 Å². The first-order chi connectivity index (χ1) is 10.2. The zero-order valence-electron chi connectivity index (χ0n) is 13.8. The fraction of sp³-hybridized carbons (Fsp3) is 0.588. The van der Waals surface area contributed by atoms with Crippen LogP contribution < -0.4 is 15.8 Å². The molecular formula is C17H26N2O3. The van der Waals surface area contributed by atoms with E-state index in [4.69, 9.17) is 15.2 Å². The zero-order chi connectivity index (χ0) is 16.4. The first-order valence-corrected chi connectivity index (χ1v) is 7.62. The van der Waals surface area contributed by atoms with E-state index in [1.54, 1.807) is 0 Å². The monoisotopic (exact) mass is 306 g/mol. The third-order valence-electron chi connectivity index (χ3n) is 3.91. The lowest BCUT2D eigenvalue weighted by atomic mass is 9.94. The summed E-state index contributed by atoms with van der Waals surface area (Å²) in [4.78, 5) is 10.8. The molecule has 0 radical (unpaired) electrons. The number of hydrogen-bond acceptors (Lipinski definition) is 4. The fourth-order valence-electron chi connectivity index (χ4n) is 3.02. The second kappa shape index (κ2) is 6.26. The molecule has 122 valence electrons. The molecule has 5 heteroatoms. The van der Waals surface area contributed by atoms with Crippen LogP contribution in [0.5, 0.6) is 5.75 Å². The molecule has 1 aromatic carbocycles. The van der Waals surface area contributed by atoms with Crippen molar-refractivity contribution in [1.82, 2.24) is 5.32 Å². The number of hydrogen-bond donors (Lipinski definition) is 2. The molecule has 1 amide bonds. The smallest absolute Gasteiger partial charge is 0.255 e. The number of primary amides is 1. The van der Waals surface area contributed by atoms with Gasteiger partial charge >= 0.3 is 0 Å². The molecule has 3 N–H and O–H groups in total. The average Bonchev–Trinajstić information content (AvgIpc) is 2.62. The molecule has 0 aromatic heterocycles. The first kappa shape index (κ1) is 16.8. The van der Waals surface area contributed by atoms with E-state index in [0.717, 1.165) is 18.5 Å². The molecule has 22 heavy (non-hydrogen) atoms. The molecule has 0 unspecified atom stereocenters. The van der Waals surface area contributed by atoms with Crippen molar-refractivity contribution >= 4 is 5.91 Å². The number of amides is 1. The number of carbonyl (C=O) groups excluding carboxylic acids is 1. The standard InChI is InChI=1S/C17H26N2O3/c1-16(2)9-14(17(3,4)22-16)19-10-12-6-5-7-13(8-12)21-11-15(18)20/h5-8,14,19H,9-11H2,1-4H3,(H2,18,20)/t14-/m0/s1. The van der Waals surface area contributed by atoms with E-state index in [2.05, 4.69) is 33.0 Å². The van der Waals surface area contributed by atoms with Gasteiger partial charge in [0.2, 0.25) is 0 Å². The molecule has 0 bridgehead atoms. The van der Waals surface area contributed by atoms with Gasteiger partial charge in [-0.1, -0.05) is 12.1 Å². The summed E-state index contributed by atoms with van der Waals surface area (Å²) in [6.45, 7) is 9.09. The van der Waals surface area contributed by atoms with E-state index in [1.807, 2.05) is 24.3 Å². The average molecular weight is 306 g/mol. The van der Waals surface area contributed by atoms with Crippen LogP contribution in [0.2, 0.25) is 0 Å². The maximum Gasteiger partial charge on any atom is 0.255 e. The predicted molar refractivity (Wildman–Crippen MR) is 85.6 cm³/mol. The molecule has 2 rings (SSSR count). The minimum Gasteiger partial charge on any atom is -0.484 e. The van der Waals surface area contributed by atoms with Crippen LogP contribution >= 0.6 is 0 Å². The molecule has 0 aliphatic carbocycles. The minimum atomic E-state index is -0.476. The van der Waals surface area contributed by atoms with Crippen molar-refractivity contribution in [2.45, 2.75) is 57.9 Å². The fourth-order valence-corrected chi connectivity index (χ4v) is 3.02. The molecule has 1 aromatic rings. The Morgan fingerprint density at radius 1 is 1.41 bits per heavy atom. The van der Waals surface area contributed by atoms with Gasteiger partial charge in [0.15, 0.2) is 6.61 Å². The van der Waals surface area contributed by atoms with Crippen LogP contribution in [-0.2, 0) is 16.1 Å². The Bertz CT molecular complexity index is 540. The van der Waals surface area contributed by atoms with E-state index in [0.29, 0.717) is 5.75 Å². The molecule has 0 saturated carbocycles. The van der Waals surface area contributed by atoms with Gasteiger partial charge in [0.05, 0.1) is 11.2 Å². The van der Waals surface area contributed by atoms with Crippen molar-refractivity contribution in [1.29, 1.82) is 0 Å². The number of benzene rings is 1. The Morgan fingerprint density at radius 3 is 2.73 bits per heavy atom. The highest BCUT2D eigenvalue weighted by molar-refractivity contribution is 5.75. The number of nitrogens with one attached hydrogen (secondary N) is 1. The van der Waals surface area contributed by atoms with Crippen molar-refractivity contribution in [3.8, 4) is 5.75 Å². The van der Waals surface area contributed by atoms with E-state index in [9.17, 15) is 4.79 Å². The van der Waals surface area contributed by atoms with Crippen molar-refractivity contribution in [3.63, 3.8) is 0 Å². The minimum absolute atomic E-state index is 0.103. The summed E-state index contributed by atoms with van der Waals surface area (Å²) < 4.78 is 11.4. The van der Waals surface area contributed by atoms with Crippen LogP contribution in [0.4, 0.5) is 0 Å². The molecule has 1 saturated heterocycles. The lowest BCUT2D eigenvalue weighted by Crippen LogP contribution is -2.42. The Hall–Kier alpha value is -1.59. The Morgan fingerprint density at radius 2 is 2.14 bits per heavy atom. The SMILES string of the molecule is CC1(C)C[C@H](NCc2cccc(OCC(N)=O)c2)C(C)(C)O1. The number of nitrogens with two attached hydrogens (primary N) is 1. The summed E-state index contributed by atoms with van der Waals surface area (Å²) in [5, 5.41) is 3.56. The van der Waals surface area contributed by atoms with Crippen LogP contribution in [0.25, 0.3) is 0 Å². The van der Waals surface area contributed by atoms with Gasteiger partial charge in [-0.05, 0) is 51.8 Å². The van der Waals surface area contributed by atoms with Gasteiger partial charge in [-0.25, -0.2) is 0 Å². The summed E-state index contributed by atoms with van der Waals surface area (Å²) in [5.41, 5.74) is 5.89. The second-order valence-electron chi connectivity index (χ2n) is 7.01. The maximum absolute atomic E-state index is 10.8. The second-order valence-corrected chi connectivity index (χ2v) is 7.01. The molecule has 1 heterocycles. The summed E-state index contributed by atoms with van der Waals surface area (Å²) in [7, 11) is 0. The Labute approximate surface area is 132 Å². The highest BCUT2D eigenvalue weighted by Gasteiger charge is 2.45. The van der Waals surface area contributed by atoms with Gasteiger partial charge in [-0.15, -0.1) is 0 Å². The van der Waals surface area contributed by atoms with Gasteiger partial charge in [0.1, 0.15) is 5.75 Å². The highest BCUT2D eigenvalue weighted by atomic mass is 16.5. The number of ether oxygens (including phenoxy) is 2. The summed E-state index contributed by atoms with van der Waals surface area (Å²) in [5.74, 6) is 0.177. The summed E-state index contributed by atoms with van der Waals surface area (Å²) in [6, 6.07) is 7.96. The van der Waals surface area contributed by atoms with E-state index in [-0.39, 0.29) is 23.9 Å². The molecule has 1 aliphatic rings. The lowest BCUT2D eigenvalue weighted by Gasteiger charge is -2.28. The lowest BCUT2D eigenvalue weighted by molar-refractivity contribution is -0.119. The number of carbonyl (C=O) groups is 1. The van der Waals surface area contributed by atoms with Crippen LogP contribution in [0, 0.1) is 0 Å². The largest absolute Gasteiger partial charge is 0.484 e. The third-order valence-corrected chi connectivity index (χ3v) is 3.91. The zero-order valence-corrected chi connectivity index (χ0v) is 13.8. The van der Waals surface area contributed by atoms with Gasteiger partial charge in [-0.3, -0.25) is 4.79 Å². The Kier molecular flexibility index (Phi) is 4.78. The summed E-state index contributed by atoms with van der Waals surface area (Å²) >= 11 is 0. The van der Waals surface area contributed by atoms with E-state index < -0.39 is 5.91 Å². The van der Waals surface area contributed by atoms with Gasteiger partial charge in [0.25, 0.3) is 5.91 Å². The van der Waals surface area contributed by atoms with E-state index >= 15 is 0 Å². The van der Waals surface area contributed by atoms with Crippen LogP contribution in [-0.4, -0.2) is 29.8 Å². The van der Waals surface area contributed by atoms with Crippen LogP contribution in [0.1, 0.15) is 39.7 Å². The summed E-state index contributed by atoms with van der Waals surface area (Å²) in [6.07, 6.45) is 0.970. The van der Waals surface area contributed by atoms with Gasteiger partial charge < -0.3 is 20.5 Å². The molecular weight excluding hydrogens is 280 g/mol. The quantitative estimate of drug-likeness (QED) is 0.843. The van der Waals surface area contributed by atoms with Crippen LogP contribution in [0.3, 0.4) is 0 Å². The normalized spacial score (nSPS) is 22.5. The molecule has 1 atom stereocenters. The third kappa shape index (κ3) is 4.45. The van der Waals surface area contributed by atoms with Crippen molar-refractivity contribution < 1.29 is 14.3 Å². The maximum atomic E-state index is 10.8.